The van der Waals surface area contributed by atoms with E-state index in [0.29, 0.717) is 12.0 Å². The zero-order valence-electron chi connectivity index (χ0n) is 22.1. The fraction of sp³-hybridized carbons (Fsp3) is 0.500. The molecule has 13 heteroatoms. The summed E-state index contributed by atoms with van der Waals surface area (Å²) in [6.07, 6.45) is -0.0978. The van der Waals surface area contributed by atoms with Crippen molar-refractivity contribution in [2.24, 2.45) is 11.7 Å². The standard InChI is InChI=1S/C26H37N5O8/c1-4-13(2)21(27)24(36)31-22(14(3)32)25(37)29-18(9-10-20(33)34)23(35)30-19(26(38)39)11-15-12-28-17-8-6-5-7-16(15)17/h5-8,12-14,18-19,21-22,28,32H,4,9-11,27H2,1-3H3,(H,29,37)(H,30,35)(H,31,36)(H,33,34)(H,38,39). The number of hydrogen-bond donors (Lipinski definition) is 8. The molecular formula is C26H37N5O8. The van der Waals surface area contributed by atoms with Crippen molar-refractivity contribution in [3.05, 3.63) is 36.0 Å². The molecule has 6 unspecified atom stereocenters. The van der Waals surface area contributed by atoms with Crippen LogP contribution < -0.4 is 21.7 Å². The predicted octanol–water partition coefficient (Wildman–Crippen LogP) is -0.132. The molecule has 0 fully saturated rings. The maximum atomic E-state index is 13.1. The fourth-order valence-electron chi connectivity index (χ4n) is 3.96. The van der Waals surface area contributed by atoms with Gasteiger partial charge in [-0.05, 0) is 30.9 Å². The molecule has 2 rings (SSSR count). The number of benzene rings is 1. The summed E-state index contributed by atoms with van der Waals surface area (Å²) in [5, 5.41) is 36.9. The topological polar surface area (TPSA) is 224 Å². The molecule has 9 N–H and O–H groups in total. The number of para-hydroxylation sites is 1. The molecule has 0 aliphatic carbocycles. The van der Waals surface area contributed by atoms with Crippen LogP contribution in [0.4, 0.5) is 0 Å². The Bertz CT molecular complexity index is 1180. The van der Waals surface area contributed by atoms with Crippen molar-refractivity contribution in [2.75, 3.05) is 0 Å². The predicted molar refractivity (Wildman–Crippen MR) is 141 cm³/mol. The van der Waals surface area contributed by atoms with Gasteiger partial charge in [0.2, 0.25) is 17.7 Å². The van der Waals surface area contributed by atoms with E-state index in [9.17, 15) is 34.2 Å². The van der Waals surface area contributed by atoms with Gasteiger partial charge >= 0.3 is 11.9 Å². The lowest BCUT2D eigenvalue weighted by Gasteiger charge is -2.27. The number of aliphatic hydroxyl groups is 1. The number of aliphatic hydroxyl groups excluding tert-OH is 1. The van der Waals surface area contributed by atoms with Crippen LogP contribution >= 0.6 is 0 Å². The van der Waals surface area contributed by atoms with Gasteiger partial charge in [-0.3, -0.25) is 19.2 Å². The molecule has 39 heavy (non-hydrogen) atoms. The van der Waals surface area contributed by atoms with Gasteiger partial charge in [0.15, 0.2) is 0 Å². The van der Waals surface area contributed by atoms with Crippen molar-refractivity contribution >= 4 is 40.6 Å². The number of aliphatic carboxylic acids is 2. The van der Waals surface area contributed by atoms with Crippen molar-refractivity contribution in [3.63, 3.8) is 0 Å². The van der Waals surface area contributed by atoms with Crippen LogP contribution in [0.25, 0.3) is 10.9 Å². The summed E-state index contributed by atoms with van der Waals surface area (Å²) in [4.78, 5) is 64.8. The Morgan fingerprint density at radius 3 is 2.18 bits per heavy atom. The third-order valence-electron chi connectivity index (χ3n) is 6.62. The Kier molecular flexibility index (Phi) is 11.4. The highest BCUT2D eigenvalue weighted by molar-refractivity contribution is 5.95. The minimum absolute atomic E-state index is 0.0788. The number of rotatable bonds is 15. The van der Waals surface area contributed by atoms with E-state index in [2.05, 4.69) is 20.9 Å². The number of H-pyrrole nitrogens is 1. The first-order chi connectivity index (χ1) is 18.3. The van der Waals surface area contributed by atoms with Crippen LogP contribution in [-0.4, -0.2) is 80.2 Å². The molecule has 0 aliphatic rings. The van der Waals surface area contributed by atoms with E-state index in [4.69, 9.17) is 10.8 Å². The third-order valence-corrected chi connectivity index (χ3v) is 6.62. The van der Waals surface area contributed by atoms with Crippen LogP contribution in [0.15, 0.2) is 30.5 Å². The third kappa shape index (κ3) is 8.79. The van der Waals surface area contributed by atoms with Gasteiger partial charge in [-0.25, -0.2) is 4.79 Å². The molecule has 6 atom stereocenters. The van der Waals surface area contributed by atoms with Gasteiger partial charge < -0.3 is 42.0 Å². The van der Waals surface area contributed by atoms with E-state index in [1.54, 1.807) is 25.3 Å². The lowest BCUT2D eigenvalue weighted by atomic mass is 9.98. The quantitative estimate of drug-likeness (QED) is 0.148. The van der Waals surface area contributed by atoms with Crippen LogP contribution in [-0.2, 0) is 30.4 Å². The monoisotopic (exact) mass is 547 g/mol. The number of nitrogens with one attached hydrogen (secondary N) is 4. The minimum Gasteiger partial charge on any atom is -0.481 e. The van der Waals surface area contributed by atoms with E-state index in [1.807, 2.05) is 19.1 Å². The Hall–Kier alpha value is -3.97. The highest BCUT2D eigenvalue weighted by Crippen LogP contribution is 2.19. The second-order valence-electron chi connectivity index (χ2n) is 9.59. The lowest BCUT2D eigenvalue weighted by Crippen LogP contribution is -2.60. The highest BCUT2D eigenvalue weighted by atomic mass is 16.4. The molecule has 1 aromatic carbocycles. The first-order valence-corrected chi connectivity index (χ1v) is 12.7. The molecule has 0 saturated heterocycles. The molecule has 214 valence electrons. The number of hydrogen-bond acceptors (Lipinski definition) is 7. The van der Waals surface area contributed by atoms with Crippen molar-refractivity contribution in [2.45, 2.75) is 76.7 Å². The van der Waals surface area contributed by atoms with Crippen LogP contribution in [0, 0.1) is 5.92 Å². The van der Waals surface area contributed by atoms with Crippen LogP contribution in [0.3, 0.4) is 0 Å². The van der Waals surface area contributed by atoms with Gasteiger partial charge in [0.05, 0.1) is 12.1 Å². The van der Waals surface area contributed by atoms with E-state index in [1.165, 1.54) is 6.92 Å². The zero-order chi connectivity index (χ0) is 29.3. The molecule has 3 amide bonds. The Balaban J connectivity index is 2.19. The molecule has 0 saturated carbocycles. The number of carbonyl (C=O) groups is 5. The fourth-order valence-corrected chi connectivity index (χ4v) is 3.96. The molecule has 13 nitrogen and oxygen atoms in total. The van der Waals surface area contributed by atoms with E-state index in [-0.39, 0.29) is 18.8 Å². The highest BCUT2D eigenvalue weighted by Gasteiger charge is 2.33. The number of amides is 3. The maximum absolute atomic E-state index is 13.1. The Morgan fingerprint density at radius 1 is 0.949 bits per heavy atom. The van der Waals surface area contributed by atoms with Gasteiger partial charge in [0.25, 0.3) is 0 Å². The molecule has 2 aromatic rings. The van der Waals surface area contributed by atoms with Crippen molar-refractivity contribution in [3.8, 4) is 0 Å². The van der Waals surface area contributed by atoms with Crippen LogP contribution in [0.1, 0.15) is 45.6 Å². The normalized spacial score (nSPS) is 15.8. The number of aromatic nitrogens is 1. The van der Waals surface area contributed by atoms with Crippen molar-refractivity contribution in [1.82, 2.24) is 20.9 Å². The SMILES string of the molecule is CCC(C)C(N)C(=O)NC(C(=O)NC(CCC(=O)O)C(=O)NC(Cc1c[nH]c2ccccc12)C(=O)O)C(C)O. The smallest absolute Gasteiger partial charge is 0.326 e. The average Bonchev–Trinajstić information content (AvgIpc) is 3.30. The summed E-state index contributed by atoms with van der Waals surface area (Å²) < 4.78 is 0. The van der Waals surface area contributed by atoms with Crippen LogP contribution in [0.2, 0.25) is 0 Å². The first-order valence-electron chi connectivity index (χ1n) is 12.7. The number of aromatic amines is 1. The lowest BCUT2D eigenvalue weighted by molar-refractivity contribution is -0.143. The van der Waals surface area contributed by atoms with Crippen LogP contribution in [0.5, 0.6) is 0 Å². The molecule has 0 bridgehead atoms. The largest absolute Gasteiger partial charge is 0.481 e. The molecule has 0 radical (unpaired) electrons. The van der Waals surface area contributed by atoms with Gasteiger partial charge in [-0.2, -0.15) is 0 Å². The summed E-state index contributed by atoms with van der Waals surface area (Å²) in [5.74, 6) is -5.34. The second kappa shape index (κ2) is 14.3. The average molecular weight is 548 g/mol. The molecular weight excluding hydrogens is 510 g/mol. The first kappa shape index (κ1) is 31.2. The maximum Gasteiger partial charge on any atom is 0.326 e. The van der Waals surface area contributed by atoms with E-state index < -0.39 is 66.4 Å². The van der Waals surface area contributed by atoms with Gasteiger partial charge in [0, 0.05) is 29.9 Å². The van der Waals surface area contributed by atoms with Crippen molar-refractivity contribution < 1.29 is 39.3 Å². The van der Waals surface area contributed by atoms with E-state index >= 15 is 0 Å². The number of carboxylic acids is 2. The van der Waals surface area contributed by atoms with E-state index in [0.717, 1.165) is 10.9 Å². The Labute approximate surface area is 225 Å². The Morgan fingerprint density at radius 2 is 1.59 bits per heavy atom. The number of fused-ring (bicyclic) bond motifs is 1. The van der Waals surface area contributed by atoms with Gasteiger partial charge in [-0.15, -0.1) is 0 Å². The van der Waals surface area contributed by atoms with Gasteiger partial charge in [0.1, 0.15) is 18.1 Å². The summed E-state index contributed by atoms with van der Waals surface area (Å²) in [5.41, 5.74) is 7.33. The minimum atomic E-state index is -1.49. The second-order valence-corrected chi connectivity index (χ2v) is 9.59. The molecule has 1 heterocycles. The molecule has 0 spiro atoms. The number of carbonyl (C=O) groups excluding carboxylic acids is 3. The summed E-state index contributed by atoms with van der Waals surface area (Å²) in [6, 6.07) is 1.94. The molecule has 0 aliphatic heterocycles. The van der Waals surface area contributed by atoms with Gasteiger partial charge in [-0.1, -0.05) is 38.5 Å². The molecule has 1 aromatic heterocycles. The van der Waals surface area contributed by atoms with Crippen molar-refractivity contribution in [1.29, 1.82) is 0 Å². The number of nitrogens with two attached hydrogens (primary N) is 1. The summed E-state index contributed by atoms with van der Waals surface area (Å²) in [6.45, 7) is 4.85. The summed E-state index contributed by atoms with van der Waals surface area (Å²) >= 11 is 0. The summed E-state index contributed by atoms with van der Waals surface area (Å²) in [7, 11) is 0. The zero-order valence-corrected chi connectivity index (χ0v) is 22.1. The number of carboxylic acid groups (broad SMARTS) is 2.